The predicted octanol–water partition coefficient (Wildman–Crippen LogP) is 3.25. The molecule has 0 atom stereocenters. The highest BCUT2D eigenvalue weighted by atomic mass is 15.1. The average Bonchev–Trinajstić information content (AvgIpc) is 2.85. The standard InChI is InChI=1S/C16H15N3/c17-16-11-15(18-19-16)10-12-5-4-8-14(9-12)13-6-2-1-3-7-13/h1-9,11H,10H2,(H3,17,18,19). The number of anilines is 1. The summed E-state index contributed by atoms with van der Waals surface area (Å²) >= 11 is 0. The van der Waals surface area contributed by atoms with Crippen LogP contribution in [0.4, 0.5) is 5.82 Å². The van der Waals surface area contributed by atoms with Gasteiger partial charge in [0.2, 0.25) is 0 Å². The quantitative estimate of drug-likeness (QED) is 0.748. The van der Waals surface area contributed by atoms with Crippen LogP contribution in [0.2, 0.25) is 0 Å². The van der Waals surface area contributed by atoms with Crippen LogP contribution in [0.25, 0.3) is 11.1 Å². The summed E-state index contributed by atoms with van der Waals surface area (Å²) in [4.78, 5) is 0. The average molecular weight is 249 g/mol. The van der Waals surface area contributed by atoms with Gasteiger partial charge in [0.25, 0.3) is 0 Å². The van der Waals surface area contributed by atoms with Crippen LogP contribution in [0.1, 0.15) is 11.3 Å². The normalized spacial score (nSPS) is 10.5. The van der Waals surface area contributed by atoms with Gasteiger partial charge in [-0.3, -0.25) is 5.10 Å². The maximum atomic E-state index is 5.61. The van der Waals surface area contributed by atoms with Crippen LogP contribution in [-0.4, -0.2) is 10.2 Å². The molecule has 0 radical (unpaired) electrons. The van der Waals surface area contributed by atoms with E-state index in [9.17, 15) is 0 Å². The van der Waals surface area contributed by atoms with Crippen LogP contribution < -0.4 is 5.73 Å². The largest absolute Gasteiger partial charge is 0.382 e. The van der Waals surface area contributed by atoms with Crippen LogP contribution in [0.15, 0.2) is 60.7 Å². The van der Waals surface area contributed by atoms with E-state index >= 15 is 0 Å². The number of nitrogens with zero attached hydrogens (tertiary/aromatic N) is 1. The first kappa shape index (κ1) is 11.5. The zero-order chi connectivity index (χ0) is 13.1. The Labute approximate surface area is 112 Å². The van der Waals surface area contributed by atoms with Crippen molar-refractivity contribution in [3.8, 4) is 11.1 Å². The lowest BCUT2D eigenvalue weighted by atomic mass is 10.0. The van der Waals surface area contributed by atoms with Gasteiger partial charge in [0.1, 0.15) is 5.82 Å². The van der Waals surface area contributed by atoms with E-state index in [4.69, 9.17) is 5.73 Å². The topological polar surface area (TPSA) is 54.7 Å². The van der Waals surface area contributed by atoms with E-state index in [0.717, 1.165) is 12.1 Å². The summed E-state index contributed by atoms with van der Waals surface area (Å²) in [6.45, 7) is 0. The smallest absolute Gasteiger partial charge is 0.145 e. The van der Waals surface area contributed by atoms with Crippen LogP contribution >= 0.6 is 0 Å². The van der Waals surface area contributed by atoms with Crippen molar-refractivity contribution < 1.29 is 0 Å². The summed E-state index contributed by atoms with van der Waals surface area (Å²) in [5, 5.41) is 6.88. The van der Waals surface area contributed by atoms with Crippen LogP contribution in [0.3, 0.4) is 0 Å². The highest BCUT2D eigenvalue weighted by molar-refractivity contribution is 5.64. The Balaban J connectivity index is 1.88. The van der Waals surface area contributed by atoms with Crippen molar-refractivity contribution in [2.45, 2.75) is 6.42 Å². The third kappa shape index (κ3) is 2.65. The molecular formula is C16H15N3. The van der Waals surface area contributed by atoms with E-state index < -0.39 is 0 Å². The second-order valence-electron chi connectivity index (χ2n) is 4.56. The van der Waals surface area contributed by atoms with Crippen LogP contribution in [0, 0.1) is 0 Å². The van der Waals surface area contributed by atoms with Gasteiger partial charge in [-0.25, -0.2) is 0 Å². The Morgan fingerprint density at radius 1 is 0.895 bits per heavy atom. The zero-order valence-electron chi connectivity index (χ0n) is 10.5. The number of nitrogens with one attached hydrogen (secondary N) is 1. The van der Waals surface area contributed by atoms with E-state index in [0.29, 0.717) is 5.82 Å². The van der Waals surface area contributed by atoms with E-state index in [1.807, 2.05) is 12.1 Å². The first-order chi connectivity index (χ1) is 9.31. The number of hydrogen-bond acceptors (Lipinski definition) is 2. The third-order valence-electron chi connectivity index (χ3n) is 3.08. The minimum Gasteiger partial charge on any atom is -0.382 e. The highest BCUT2D eigenvalue weighted by Crippen LogP contribution is 2.21. The number of nitrogen functional groups attached to an aromatic ring is 1. The Morgan fingerprint density at radius 2 is 1.68 bits per heavy atom. The summed E-state index contributed by atoms with van der Waals surface area (Å²) in [6.07, 6.45) is 0.810. The van der Waals surface area contributed by atoms with Crippen molar-refractivity contribution in [2.75, 3.05) is 5.73 Å². The molecule has 3 nitrogen and oxygen atoms in total. The molecule has 0 aliphatic heterocycles. The molecule has 3 rings (SSSR count). The number of aromatic nitrogens is 2. The van der Waals surface area contributed by atoms with E-state index in [2.05, 4.69) is 58.7 Å². The second kappa shape index (κ2) is 4.98. The van der Waals surface area contributed by atoms with Gasteiger partial charge in [-0.15, -0.1) is 0 Å². The first-order valence-electron chi connectivity index (χ1n) is 6.25. The lowest BCUT2D eigenvalue weighted by Crippen LogP contribution is -1.89. The fourth-order valence-corrected chi connectivity index (χ4v) is 2.18. The van der Waals surface area contributed by atoms with Gasteiger partial charge in [-0.1, -0.05) is 54.6 Å². The molecule has 0 aliphatic rings. The Hall–Kier alpha value is -2.55. The molecule has 0 saturated heterocycles. The van der Waals surface area contributed by atoms with Gasteiger partial charge in [-0.05, 0) is 16.7 Å². The van der Waals surface area contributed by atoms with Crippen LogP contribution in [-0.2, 0) is 6.42 Å². The minimum absolute atomic E-state index is 0.536. The predicted molar refractivity (Wildman–Crippen MR) is 77.7 cm³/mol. The monoisotopic (exact) mass is 249 g/mol. The Bertz CT molecular complexity index is 671. The Morgan fingerprint density at radius 3 is 2.42 bits per heavy atom. The van der Waals surface area contributed by atoms with Crippen LogP contribution in [0.5, 0.6) is 0 Å². The number of H-pyrrole nitrogens is 1. The molecule has 3 aromatic rings. The molecule has 0 bridgehead atoms. The van der Waals surface area contributed by atoms with E-state index in [1.165, 1.54) is 16.7 Å². The SMILES string of the molecule is Nc1cc(Cc2cccc(-c3ccccc3)c2)[nH]n1. The van der Waals surface area contributed by atoms with Gasteiger partial charge in [-0.2, -0.15) is 5.10 Å². The fourth-order valence-electron chi connectivity index (χ4n) is 2.18. The number of rotatable bonds is 3. The number of benzene rings is 2. The summed E-state index contributed by atoms with van der Waals surface area (Å²) < 4.78 is 0. The van der Waals surface area contributed by atoms with Gasteiger partial charge >= 0.3 is 0 Å². The lowest BCUT2D eigenvalue weighted by molar-refractivity contribution is 1.000. The van der Waals surface area contributed by atoms with Crippen molar-refractivity contribution in [1.82, 2.24) is 10.2 Å². The van der Waals surface area contributed by atoms with Gasteiger partial charge < -0.3 is 5.73 Å². The molecule has 0 fully saturated rings. The molecule has 94 valence electrons. The molecule has 1 aromatic heterocycles. The molecule has 0 saturated carbocycles. The molecule has 3 N–H and O–H groups in total. The first-order valence-corrected chi connectivity index (χ1v) is 6.25. The molecule has 0 spiro atoms. The summed E-state index contributed by atoms with van der Waals surface area (Å²) in [5.41, 5.74) is 10.3. The summed E-state index contributed by atoms with van der Waals surface area (Å²) in [5.74, 6) is 0.536. The van der Waals surface area contributed by atoms with Crippen molar-refractivity contribution in [3.63, 3.8) is 0 Å². The third-order valence-corrected chi connectivity index (χ3v) is 3.08. The maximum absolute atomic E-state index is 5.61. The van der Waals surface area contributed by atoms with Crippen molar-refractivity contribution in [2.24, 2.45) is 0 Å². The zero-order valence-corrected chi connectivity index (χ0v) is 10.5. The van der Waals surface area contributed by atoms with Crippen molar-refractivity contribution in [3.05, 3.63) is 71.9 Å². The molecule has 0 amide bonds. The summed E-state index contributed by atoms with van der Waals surface area (Å²) in [6, 6.07) is 20.8. The molecule has 19 heavy (non-hydrogen) atoms. The van der Waals surface area contributed by atoms with Gasteiger partial charge in [0.05, 0.1) is 0 Å². The number of nitrogens with two attached hydrogens (primary N) is 1. The molecule has 2 aromatic carbocycles. The summed E-state index contributed by atoms with van der Waals surface area (Å²) in [7, 11) is 0. The van der Waals surface area contributed by atoms with E-state index in [-0.39, 0.29) is 0 Å². The number of aromatic amines is 1. The second-order valence-corrected chi connectivity index (χ2v) is 4.56. The van der Waals surface area contributed by atoms with Gasteiger partial charge in [0, 0.05) is 18.2 Å². The molecule has 0 aliphatic carbocycles. The Kier molecular flexibility index (Phi) is 3.02. The lowest BCUT2D eigenvalue weighted by Gasteiger charge is -2.04. The minimum atomic E-state index is 0.536. The van der Waals surface area contributed by atoms with Crippen molar-refractivity contribution >= 4 is 5.82 Å². The fraction of sp³-hybridized carbons (Fsp3) is 0.0625. The molecule has 1 heterocycles. The molecule has 0 unspecified atom stereocenters. The van der Waals surface area contributed by atoms with Gasteiger partial charge in [0.15, 0.2) is 0 Å². The maximum Gasteiger partial charge on any atom is 0.145 e. The highest BCUT2D eigenvalue weighted by Gasteiger charge is 2.02. The number of hydrogen-bond donors (Lipinski definition) is 2. The van der Waals surface area contributed by atoms with Crippen molar-refractivity contribution in [1.29, 1.82) is 0 Å². The van der Waals surface area contributed by atoms with E-state index in [1.54, 1.807) is 0 Å². The molecule has 3 heteroatoms. The molecular weight excluding hydrogens is 234 g/mol.